The number of nitrogens with one attached hydrogen (secondary N) is 2. The van der Waals surface area contributed by atoms with Gasteiger partial charge in [0.2, 0.25) is 5.95 Å². The van der Waals surface area contributed by atoms with Gasteiger partial charge in [-0.2, -0.15) is 10.1 Å². The number of hydrogen-bond acceptors (Lipinski definition) is 9. The number of nitrogens with zero attached hydrogens (tertiary/aromatic N) is 6. The Morgan fingerprint density at radius 2 is 1.95 bits per heavy atom. The van der Waals surface area contributed by atoms with E-state index in [1.54, 1.807) is 18.3 Å². The molecule has 0 saturated carbocycles. The van der Waals surface area contributed by atoms with Gasteiger partial charge in [-0.25, -0.2) is 14.8 Å². The fourth-order valence-corrected chi connectivity index (χ4v) is 3.93. The van der Waals surface area contributed by atoms with Gasteiger partial charge in [0.05, 0.1) is 43.2 Å². The molecule has 2 aromatic heterocycles. The normalized spacial score (nSPS) is 14.6. The molecular formula is C27H28ClFN8O. The molecule has 1 aliphatic rings. The smallest absolute Gasteiger partial charge is 0.245 e. The van der Waals surface area contributed by atoms with Crippen LogP contribution in [0.25, 0.3) is 0 Å². The molecular weight excluding hydrogens is 507 g/mol. The summed E-state index contributed by atoms with van der Waals surface area (Å²) < 4.78 is 19.5. The predicted molar refractivity (Wildman–Crippen MR) is 151 cm³/mol. The molecule has 196 valence electrons. The number of rotatable bonds is 9. The number of ether oxygens (including phenoxy) is 1. The number of allylic oxidation sites excluding steroid dienone is 3. The monoisotopic (exact) mass is 534 g/mol. The van der Waals surface area contributed by atoms with Crippen molar-refractivity contribution in [2.45, 2.75) is 13.8 Å². The molecule has 0 bridgehead atoms. The average Bonchev–Trinajstić information content (AvgIpc) is 2.91. The van der Waals surface area contributed by atoms with Crippen molar-refractivity contribution >= 4 is 46.7 Å². The van der Waals surface area contributed by atoms with E-state index in [0.717, 1.165) is 34.5 Å². The largest absolute Gasteiger partial charge is 0.378 e. The van der Waals surface area contributed by atoms with Crippen LogP contribution in [0, 0.1) is 5.82 Å². The summed E-state index contributed by atoms with van der Waals surface area (Å²) in [4.78, 5) is 19.0. The summed E-state index contributed by atoms with van der Waals surface area (Å²) in [5.41, 5.74) is 7.52. The van der Waals surface area contributed by atoms with Gasteiger partial charge in [0.1, 0.15) is 0 Å². The third-order valence-electron chi connectivity index (χ3n) is 5.49. The molecule has 4 rings (SSSR count). The maximum Gasteiger partial charge on any atom is 0.245 e. The van der Waals surface area contributed by atoms with E-state index in [9.17, 15) is 4.39 Å². The lowest BCUT2D eigenvalue weighted by atomic mass is 10.1. The van der Waals surface area contributed by atoms with E-state index in [0.29, 0.717) is 37.0 Å². The number of pyridine rings is 1. The highest BCUT2D eigenvalue weighted by Gasteiger charge is 2.17. The number of anilines is 4. The van der Waals surface area contributed by atoms with Gasteiger partial charge in [0.25, 0.3) is 0 Å². The van der Waals surface area contributed by atoms with Crippen molar-refractivity contribution < 1.29 is 9.13 Å². The van der Waals surface area contributed by atoms with Crippen LogP contribution in [0.3, 0.4) is 0 Å². The molecule has 0 amide bonds. The second kappa shape index (κ2) is 12.9. The Balaban J connectivity index is 1.39. The van der Waals surface area contributed by atoms with Crippen molar-refractivity contribution in [2.75, 3.05) is 41.9 Å². The van der Waals surface area contributed by atoms with Crippen LogP contribution in [0.15, 0.2) is 77.2 Å². The van der Waals surface area contributed by atoms with Gasteiger partial charge in [0.15, 0.2) is 11.6 Å². The summed E-state index contributed by atoms with van der Waals surface area (Å²) in [6, 6.07) is 9.35. The lowest BCUT2D eigenvalue weighted by molar-refractivity contribution is 0.122. The minimum atomic E-state index is -0.486. The Morgan fingerprint density at radius 3 is 2.68 bits per heavy atom. The van der Waals surface area contributed by atoms with E-state index in [-0.39, 0.29) is 11.8 Å². The summed E-state index contributed by atoms with van der Waals surface area (Å²) >= 11 is 6.35. The number of hydrazone groups is 1. The SMILES string of the molecule is C=C/C=C(/C)N=C(C)c1cc(Cl)cc(Nc2ccc(/C=N/Nc3ncc(F)c(N4CCOCC4)n3)nc2)c1. The quantitative estimate of drug-likeness (QED) is 0.210. The molecule has 1 fully saturated rings. The highest BCUT2D eigenvalue weighted by atomic mass is 35.5. The fourth-order valence-electron chi connectivity index (χ4n) is 3.69. The zero-order chi connectivity index (χ0) is 26.9. The van der Waals surface area contributed by atoms with Crippen molar-refractivity contribution in [3.8, 4) is 0 Å². The van der Waals surface area contributed by atoms with Gasteiger partial charge in [-0.15, -0.1) is 0 Å². The Bertz CT molecular complexity index is 1370. The van der Waals surface area contributed by atoms with Crippen LogP contribution < -0.4 is 15.6 Å². The Morgan fingerprint density at radius 1 is 1.13 bits per heavy atom. The number of hydrogen-bond donors (Lipinski definition) is 2. The van der Waals surface area contributed by atoms with Crippen molar-refractivity contribution in [3.05, 3.63) is 89.3 Å². The molecule has 0 aliphatic carbocycles. The van der Waals surface area contributed by atoms with E-state index in [2.05, 4.69) is 42.4 Å². The zero-order valence-electron chi connectivity index (χ0n) is 21.2. The van der Waals surface area contributed by atoms with Crippen molar-refractivity contribution in [2.24, 2.45) is 10.1 Å². The molecule has 3 heterocycles. The van der Waals surface area contributed by atoms with Gasteiger partial charge >= 0.3 is 0 Å². The van der Waals surface area contributed by atoms with Crippen LogP contribution >= 0.6 is 11.6 Å². The molecule has 1 aromatic carbocycles. The fraction of sp³-hybridized carbons (Fsp3) is 0.222. The lowest BCUT2D eigenvalue weighted by Gasteiger charge is -2.27. The standard InChI is InChI=1S/C27H28ClFN8O/c1-4-5-18(2)33-19(3)20-12-21(28)14-24(13-20)34-23-7-6-22(30-15-23)16-32-36-27-31-17-25(29)26(35-27)37-8-10-38-11-9-37/h4-7,12-17,34H,1,8-11H2,2-3H3,(H,31,35,36)/b18-5-,32-16+,33-19?. The molecule has 3 aromatic rings. The van der Waals surface area contributed by atoms with Gasteiger partial charge in [-0.3, -0.25) is 9.98 Å². The van der Waals surface area contributed by atoms with Gasteiger partial charge < -0.3 is 15.0 Å². The first-order valence-corrected chi connectivity index (χ1v) is 12.3. The third kappa shape index (κ3) is 7.44. The van der Waals surface area contributed by atoms with E-state index in [1.165, 1.54) is 6.21 Å². The molecule has 1 aliphatic heterocycles. The summed E-state index contributed by atoms with van der Waals surface area (Å²) in [5.74, 6) is -0.0724. The molecule has 9 nitrogen and oxygen atoms in total. The van der Waals surface area contributed by atoms with Crippen molar-refractivity contribution in [1.29, 1.82) is 0 Å². The van der Waals surface area contributed by atoms with Crippen molar-refractivity contribution in [3.63, 3.8) is 0 Å². The number of benzene rings is 1. The summed E-state index contributed by atoms with van der Waals surface area (Å²) in [6.07, 6.45) is 7.89. The zero-order valence-corrected chi connectivity index (χ0v) is 21.9. The van der Waals surface area contributed by atoms with Gasteiger partial charge in [0, 0.05) is 35.2 Å². The molecule has 0 spiro atoms. The first-order valence-electron chi connectivity index (χ1n) is 11.9. The van der Waals surface area contributed by atoms with E-state index >= 15 is 0 Å². The molecule has 2 N–H and O–H groups in total. The first kappa shape index (κ1) is 26.9. The summed E-state index contributed by atoms with van der Waals surface area (Å²) in [6.45, 7) is 9.73. The van der Waals surface area contributed by atoms with Crippen LogP contribution in [0.2, 0.25) is 5.02 Å². The minimum Gasteiger partial charge on any atom is -0.378 e. The topological polar surface area (TPSA) is 99.9 Å². The highest BCUT2D eigenvalue weighted by molar-refractivity contribution is 6.31. The minimum absolute atomic E-state index is 0.188. The molecule has 0 atom stereocenters. The summed E-state index contributed by atoms with van der Waals surface area (Å²) in [7, 11) is 0. The average molecular weight is 535 g/mol. The van der Waals surface area contributed by atoms with Crippen LogP contribution in [0.1, 0.15) is 25.1 Å². The van der Waals surface area contributed by atoms with Gasteiger partial charge in [-0.05, 0) is 55.8 Å². The highest BCUT2D eigenvalue weighted by Crippen LogP contribution is 2.24. The maximum absolute atomic E-state index is 14.2. The Kier molecular flexibility index (Phi) is 9.12. The second-order valence-corrected chi connectivity index (χ2v) is 8.84. The Labute approximate surface area is 225 Å². The van der Waals surface area contributed by atoms with Crippen LogP contribution in [-0.2, 0) is 4.74 Å². The number of aliphatic imine (C=N–C) groups is 1. The molecule has 0 radical (unpaired) electrons. The van der Waals surface area contributed by atoms with E-state index in [4.69, 9.17) is 16.3 Å². The number of halogens is 2. The molecule has 0 unspecified atom stereocenters. The molecule has 38 heavy (non-hydrogen) atoms. The van der Waals surface area contributed by atoms with Crippen LogP contribution in [0.5, 0.6) is 0 Å². The lowest BCUT2D eigenvalue weighted by Crippen LogP contribution is -2.37. The predicted octanol–water partition coefficient (Wildman–Crippen LogP) is 5.59. The summed E-state index contributed by atoms with van der Waals surface area (Å²) in [5, 5.41) is 8.03. The second-order valence-electron chi connectivity index (χ2n) is 8.40. The van der Waals surface area contributed by atoms with Crippen molar-refractivity contribution in [1.82, 2.24) is 15.0 Å². The Hall–Kier alpha value is -4.15. The van der Waals surface area contributed by atoms with E-state index in [1.807, 2.05) is 49.1 Å². The number of morpholine rings is 1. The van der Waals surface area contributed by atoms with E-state index < -0.39 is 5.82 Å². The van der Waals surface area contributed by atoms with Gasteiger partial charge in [-0.1, -0.05) is 24.3 Å². The maximum atomic E-state index is 14.2. The van der Waals surface area contributed by atoms with Crippen LogP contribution in [-0.4, -0.2) is 53.2 Å². The third-order valence-corrected chi connectivity index (χ3v) is 5.71. The molecule has 11 heteroatoms. The first-order chi connectivity index (χ1) is 18.4. The molecule has 1 saturated heterocycles. The van der Waals surface area contributed by atoms with Crippen LogP contribution in [0.4, 0.5) is 27.5 Å². The number of aromatic nitrogens is 3.